The lowest BCUT2D eigenvalue weighted by Crippen LogP contribution is -2.27. The molecule has 0 amide bonds. The third kappa shape index (κ3) is 2.46. The molecule has 1 fully saturated rings. The van der Waals surface area contributed by atoms with Gasteiger partial charge in [-0.25, -0.2) is 0 Å². The van der Waals surface area contributed by atoms with Gasteiger partial charge in [-0.05, 0) is 47.3 Å². The fourth-order valence-electron chi connectivity index (χ4n) is 3.15. The lowest BCUT2D eigenvalue weighted by atomic mass is 9.76. The first-order valence-electron chi connectivity index (χ1n) is 7.05. The minimum absolute atomic E-state index is 0.206. The van der Waals surface area contributed by atoms with Crippen molar-refractivity contribution in [2.24, 2.45) is 5.41 Å². The van der Waals surface area contributed by atoms with Gasteiger partial charge < -0.3 is 9.47 Å². The predicted molar refractivity (Wildman–Crippen MR) is 82.8 cm³/mol. The predicted octanol–water partition coefficient (Wildman–Crippen LogP) is 4.62. The van der Waals surface area contributed by atoms with E-state index in [2.05, 4.69) is 22.9 Å². The van der Waals surface area contributed by atoms with Crippen molar-refractivity contribution < 1.29 is 14.3 Å². The number of Topliss-reactive ketones (excluding diaryl/α,β-unsaturated/α-hetero) is 1. The van der Waals surface area contributed by atoms with Crippen molar-refractivity contribution in [1.29, 1.82) is 0 Å². The standard InChI is InChI=1S/C16H21BrO3/c1-4-16(9-5-6-10-16)15(18)11-7-8-12(19-2)13(17)14(11)20-3/h7-8H,4-6,9-10H2,1-3H3. The molecule has 0 heterocycles. The van der Waals surface area contributed by atoms with Crippen molar-refractivity contribution in [3.05, 3.63) is 22.2 Å². The largest absolute Gasteiger partial charge is 0.495 e. The summed E-state index contributed by atoms with van der Waals surface area (Å²) in [6.45, 7) is 2.11. The highest BCUT2D eigenvalue weighted by Crippen LogP contribution is 2.46. The van der Waals surface area contributed by atoms with Crippen LogP contribution in [0.15, 0.2) is 16.6 Å². The summed E-state index contributed by atoms with van der Waals surface area (Å²) >= 11 is 3.47. The molecule has 1 aliphatic carbocycles. The van der Waals surface area contributed by atoms with Gasteiger partial charge in [0.15, 0.2) is 5.78 Å². The number of hydrogen-bond donors (Lipinski definition) is 0. The first-order chi connectivity index (χ1) is 9.59. The average molecular weight is 341 g/mol. The maximum atomic E-state index is 13.0. The van der Waals surface area contributed by atoms with Gasteiger partial charge in [0, 0.05) is 5.41 Å². The summed E-state index contributed by atoms with van der Waals surface area (Å²) in [5, 5.41) is 0. The minimum Gasteiger partial charge on any atom is -0.495 e. The Bertz CT molecular complexity index is 505. The van der Waals surface area contributed by atoms with Crippen LogP contribution < -0.4 is 9.47 Å². The smallest absolute Gasteiger partial charge is 0.172 e. The van der Waals surface area contributed by atoms with Crippen LogP contribution in [0.5, 0.6) is 11.5 Å². The van der Waals surface area contributed by atoms with E-state index >= 15 is 0 Å². The molecule has 1 saturated carbocycles. The number of rotatable bonds is 5. The van der Waals surface area contributed by atoms with Crippen molar-refractivity contribution >= 4 is 21.7 Å². The maximum absolute atomic E-state index is 13.0. The molecule has 110 valence electrons. The Morgan fingerprint density at radius 1 is 1.25 bits per heavy atom. The number of carbonyl (C=O) groups excluding carboxylic acids is 1. The van der Waals surface area contributed by atoms with Crippen LogP contribution in [-0.4, -0.2) is 20.0 Å². The molecule has 1 aliphatic rings. The first kappa shape index (κ1) is 15.4. The fraction of sp³-hybridized carbons (Fsp3) is 0.562. The Kier molecular flexibility index (Phi) is 4.74. The van der Waals surface area contributed by atoms with Gasteiger partial charge in [0.1, 0.15) is 16.0 Å². The molecular weight excluding hydrogens is 320 g/mol. The molecule has 0 spiro atoms. The zero-order chi connectivity index (χ0) is 14.8. The number of benzene rings is 1. The third-order valence-electron chi connectivity index (χ3n) is 4.45. The van der Waals surface area contributed by atoms with E-state index in [-0.39, 0.29) is 11.2 Å². The van der Waals surface area contributed by atoms with Gasteiger partial charge in [-0.1, -0.05) is 19.8 Å². The molecule has 0 saturated heterocycles. The van der Waals surface area contributed by atoms with Crippen LogP contribution in [0.3, 0.4) is 0 Å². The SMILES string of the molecule is CCC1(C(=O)c2ccc(OC)c(Br)c2OC)CCCC1. The summed E-state index contributed by atoms with van der Waals surface area (Å²) in [5.74, 6) is 1.46. The number of ketones is 1. The molecule has 0 N–H and O–H groups in total. The van der Waals surface area contributed by atoms with Gasteiger partial charge in [-0.3, -0.25) is 4.79 Å². The molecule has 3 nitrogen and oxygen atoms in total. The molecule has 0 aliphatic heterocycles. The Balaban J connectivity index is 2.47. The van der Waals surface area contributed by atoms with Gasteiger partial charge >= 0.3 is 0 Å². The summed E-state index contributed by atoms with van der Waals surface area (Å²) in [6.07, 6.45) is 5.13. The van der Waals surface area contributed by atoms with E-state index in [9.17, 15) is 4.79 Å². The number of methoxy groups -OCH3 is 2. The highest BCUT2D eigenvalue weighted by molar-refractivity contribution is 9.10. The van der Waals surface area contributed by atoms with Crippen molar-refractivity contribution in [1.82, 2.24) is 0 Å². The molecule has 4 heteroatoms. The number of ether oxygens (including phenoxy) is 2. The highest BCUT2D eigenvalue weighted by atomic mass is 79.9. The molecular formula is C16H21BrO3. The van der Waals surface area contributed by atoms with Gasteiger partial charge in [0.2, 0.25) is 0 Å². The molecule has 0 bridgehead atoms. The zero-order valence-corrected chi connectivity index (χ0v) is 13.9. The van der Waals surface area contributed by atoms with Gasteiger partial charge in [-0.2, -0.15) is 0 Å². The molecule has 2 rings (SSSR count). The second-order valence-electron chi connectivity index (χ2n) is 5.33. The van der Waals surface area contributed by atoms with E-state index in [0.717, 1.165) is 32.1 Å². The Labute approximate surface area is 128 Å². The van der Waals surface area contributed by atoms with Crippen molar-refractivity contribution in [3.8, 4) is 11.5 Å². The molecule has 0 atom stereocenters. The summed E-state index contributed by atoms with van der Waals surface area (Å²) in [7, 11) is 3.19. The average Bonchev–Trinajstić information content (AvgIpc) is 2.96. The van der Waals surface area contributed by atoms with Crippen molar-refractivity contribution in [3.63, 3.8) is 0 Å². The van der Waals surface area contributed by atoms with Crippen LogP contribution in [0.4, 0.5) is 0 Å². The number of carbonyl (C=O) groups is 1. The maximum Gasteiger partial charge on any atom is 0.172 e. The van der Waals surface area contributed by atoms with E-state index < -0.39 is 0 Å². The second-order valence-corrected chi connectivity index (χ2v) is 6.13. The number of halogens is 1. The van der Waals surface area contributed by atoms with E-state index in [1.165, 1.54) is 0 Å². The van der Waals surface area contributed by atoms with E-state index in [1.807, 2.05) is 12.1 Å². The summed E-state index contributed by atoms with van der Waals surface area (Å²) < 4.78 is 11.4. The zero-order valence-electron chi connectivity index (χ0n) is 12.3. The lowest BCUT2D eigenvalue weighted by Gasteiger charge is -2.27. The van der Waals surface area contributed by atoms with Gasteiger partial charge in [-0.15, -0.1) is 0 Å². The molecule has 0 aromatic heterocycles. The van der Waals surface area contributed by atoms with Gasteiger partial charge in [0.25, 0.3) is 0 Å². The molecule has 0 radical (unpaired) electrons. The normalized spacial score (nSPS) is 17.0. The summed E-state index contributed by atoms with van der Waals surface area (Å²) in [6, 6.07) is 3.64. The van der Waals surface area contributed by atoms with E-state index in [0.29, 0.717) is 21.5 Å². The Morgan fingerprint density at radius 3 is 2.40 bits per heavy atom. The molecule has 1 aromatic rings. The second kappa shape index (κ2) is 6.17. The monoisotopic (exact) mass is 340 g/mol. The van der Waals surface area contributed by atoms with Crippen molar-refractivity contribution in [2.75, 3.05) is 14.2 Å². The topological polar surface area (TPSA) is 35.5 Å². The van der Waals surface area contributed by atoms with Crippen LogP contribution in [0.25, 0.3) is 0 Å². The Morgan fingerprint density at radius 2 is 1.90 bits per heavy atom. The first-order valence-corrected chi connectivity index (χ1v) is 7.84. The highest BCUT2D eigenvalue weighted by Gasteiger charge is 2.41. The quantitative estimate of drug-likeness (QED) is 0.733. The van der Waals surface area contributed by atoms with Gasteiger partial charge in [0.05, 0.1) is 19.8 Å². The lowest BCUT2D eigenvalue weighted by molar-refractivity contribution is 0.0788. The molecule has 1 aromatic carbocycles. The fourth-order valence-corrected chi connectivity index (χ4v) is 3.82. The minimum atomic E-state index is -0.207. The van der Waals surface area contributed by atoms with Crippen LogP contribution in [0.2, 0.25) is 0 Å². The van der Waals surface area contributed by atoms with Crippen LogP contribution in [0.1, 0.15) is 49.4 Å². The molecule has 20 heavy (non-hydrogen) atoms. The van der Waals surface area contributed by atoms with Crippen LogP contribution in [-0.2, 0) is 0 Å². The summed E-state index contributed by atoms with van der Waals surface area (Å²) in [5.41, 5.74) is 0.449. The summed E-state index contributed by atoms with van der Waals surface area (Å²) in [4.78, 5) is 13.0. The van der Waals surface area contributed by atoms with E-state index in [1.54, 1.807) is 14.2 Å². The van der Waals surface area contributed by atoms with Crippen molar-refractivity contribution in [2.45, 2.75) is 39.0 Å². The third-order valence-corrected chi connectivity index (χ3v) is 5.20. The number of hydrogen-bond acceptors (Lipinski definition) is 3. The van der Waals surface area contributed by atoms with Crippen LogP contribution in [0, 0.1) is 5.41 Å². The van der Waals surface area contributed by atoms with E-state index in [4.69, 9.17) is 9.47 Å². The van der Waals surface area contributed by atoms with Crippen LogP contribution >= 0.6 is 15.9 Å². The Hall–Kier alpha value is -1.03. The molecule has 0 unspecified atom stereocenters.